The van der Waals surface area contributed by atoms with Crippen molar-refractivity contribution in [2.45, 2.75) is 26.8 Å². The van der Waals surface area contributed by atoms with Crippen molar-refractivity contribution in [3.8, 4) is 11.3 Å². The zero-order valence-corrected chi connectivity index (χ0v) is 17.6. The number of hydrogen-bond acceptors (Lipinski definition) is 6. The van der Waals surface area contributed by atoms with E-state index in [-0.39, 0.29) is 17.0 Å². The van der Waals surface area contributed by atoms with Crippen LogP contribution in [0.4, 0.5) is 0 Å². The first-order chi connectivity index (χ1) is 14.2. The van der Waals surface area contributed by atoms with E-state index in [1.165, 1.54) is 10.6 Å². The molecule has 1 atom stereocenters. The van der Waals surface area contributed by atoms with E-state index in [1.54, 1.807) is 44.2 Å². The highest BCUT2D eigenvalue weighted by Gasteiger charge is 2.19. The quantitative estimate of drug-likeness (QED) is 0.607. The topological polar surface area (TPSA) is 98.7 Å². The van der Waals surface area contributed by atoms with Crippen LogP contribution in [-0.2, 0) is 9.53 Å². The third-order valence-electron chi connectivity index (χ3n) is 4.63. The molecule has 156 valence electrons. The van der Waals surface area contributed by atoms with Gasteiger partial charge in [-0.05, 0) is 50.6 Å². The number of thiazole rings is 1. The fraction of sp³-hybridized carbons (Fsp3) is 0.227. The third-order valence-corrected chi connectivity index (χ3v) is 5.58. The Morgan fingerprint density at radius 3 is 2.73 bits per heavy atom. The van der Waals surface area contributed by atoms with Crippen LogP contribution in [-0.4, -0.2) is 28.2 Å². The fourth-order valence-electron chi connectivity index (χ4n) is 3.03. The van der Waals surface area contributed by atoms with Crippen molar-refractivity contribution in [3.05, 3.63) is 66.8 Å². The highest BCUT2D eigenvalue weighted by atomic mass is 32.1. The molecule has 0 saturated carbocycles. The summed E-state index contributed by atoms with van der Waals surface area (Å²) in [5.41, 5.74) is 1.71. The first kappa shape index (κ1) is 21.3. The van der Waals surface area contributed by atoms with Gasteiger partial charge in [0.15, 0.2) is 0 Å². The lowest BCUT2D eigenvalue weighted by molar-refractivity contribution is -0.146. The summed E-state index contributed by atoms with van der Waals surface area (Å²) in [5.74, 6) is -0.521. The van der Waals surface area contributed by atoms with Gasteiger partial charge in [-0.2, -0.15) is 0 Å². The van der Waals surface area contributed by atoms with E-state index in [0.29, 0.717) is 27.0 Å². The maximum Gasteiger partial charge on any atom is 0.335 e. The van der Waals surface area contributed by atoms with Crippen molar-refractivity contribution in [1.82, 2.24) is 4.57 Å². The molecule has 3 rings (SSSR count). The van der Waals surface area contributed by atoms with Crippen LogP contribution < -0.4 is 14.8 Å². The van der Waals surface area contributed by atoms with Gasteiger partial charge in [0.05, 0.1) is 22.1 Å². The molecule has 2 aromatic heterocycles. The Labute approximate surface area is 176 Å². The zero-order valence-electron chi connectivity index (χ0n) is 16.8. The minimum Gasteiger partial charge on any atom is -0.478 e. The van der Waals surface area contributed by atoms with Crippen LogP contribution in [0, 0.1) is 6.92 Å². The normalized spacial score (nSPS) is 12.7. The molecule has 8 heteroatoms. The lowest BCUT2D eigenvalue weighted by Crippen LogP contribution is -2.37. The van der Waals surface area contributed by atoms with E-state index < -0.39 is 18.0 Å². The molecule has 1 N–H and O–H groups in total. The molecule has 0 fully saturated rings. The number of hydrogen-bond donors (Lipinski definition) is 1. The van der Waals surface area contributed by atoms with Crippen LogP contribution in [0.2, 0.25) is 0 Å². The van der Waals surface area contributed by atoms with Crippen molar-refractivity contribution >= 4 is 35.9 Å². The van der Waals surface area contributed by atoms with Crippen molar-refractivity contribution in [2.75, 3.05) is 6.61 Å². The SMILES string of the molecule is C=c1/c(=C\c2ccc(-c3cc(C(=O)O)ccc3C)o2)sc(=O)n1[C@H](C)C(=O)OCC. The second kappa shape index (κ2) is 8.54. The van der Waals surface area contributed by atoms with Gasteiger partial charge >= 0.3 is 16.8 Å². The molecule has 0 aliphatic rings. The number of nitrogens with zero attached hydrogens (tertiary/aromatic N) is 1. The largest absolute Gasteiger partial charge is 0.478 e. The molecule has 1 aromatic carbocycles. The zero-order chi connectivity index (χ0) is 22.0. The summed E-state index contributed by atoms with van der Waals surface area (Å²) < 4.78 is 12.7. The van der Waals surface area contributed by atoms with Crippen LogP contribution >= 0.6 is 11.3 Å². The van der Waals surface area contributed by atoms with Crippen LogP contribution in [0.25, 0.3) is 24.0 Å². The van der Waals surface area contributed by atoms with Gasteiger partial charge < -0.3 is 14.3 Å². The summed E-state index contributed by atoms with van der Waals surface area (Å²) in [6, 6.07) is 7.51. The second-order valence-corrected chi connectivity index (χ2v) is 7.65. The number of carboxylic acids is 1. The van der Waals surface area contributed by atoms with E-state index in [0.717, 1.165) is 16.9 Å². The lowest BCUT2D eigenvalue weighted by atomic mass is 10.0. The number of carbonyl (C=O) groups excluding carboxylic acids is 1. The maximum absolute atomic E-state index is 12.4. The van der Waals surface area contributed by atoms with Gasteiger partial charge in [-0.15, -0.1) is 0 Å². The van der Waals surface area contributed by atoms with E-state index in [1.807, 2.05) is 6.92 Å². The van der Waals surface area contributed by atoms with Crippen LogP contribution in [0.15, 0.2) is 39.5 Å². The summed E-state index contributed by atoms with van der Waals surface area (Å²) in [4.78, 5) is 35.3. The van der Waals surface area contributed by atoms with Gasteiger partial charge in [0.2, 0.25) is 0 Å². The van der Waals surface area contributed by atoms with Gasteiger partial charge in [-0.1, -0.05) is 24.0 Å². The number of aromatic nitrogens is 1. The predicted molar refractivity (Wildman–Crippen MR) is 114 cm³/mol. The number of aromatic carboxylic acids is 1. The average molecular weight is 427 g/mol. The number of rotatable bonds is 6. The molecule has 0 spiro atoms. The van der Waals surface area contributed by atoms with Crippen molar-refractivity contribution in [3.63, 3.8) is 0 Å². The Morgan fingerprint density at radius 1 is 1.33 bits per heavy atom. The molecule has 0 amide bonds. The number of ether oxygens (including phenoxy) is 1. The summed E-state index contributed by atoms with van der Waals surface area (Å²) >= 11 is 0.958. The number of esters is 1. The summed E-state index contributed by atoms with van der Waals surface area (Å²) in [5, 5.41) is 9.61. The molecule has 30 heavy (non-hydrogen) atoms. The molecular weight excluding hydrogens is 406 g/mol. The Hall–Kier alpha value is -3.39. The van der Waals surface area contributed by atoms with Gasteiger partial charge in [0, 0.05) is 11.6 Å². The number of carbonyl (C=O) groups is 2. The van der Waals surface area contributed by atoms with Crippen molar-refractivity contribution in [2.24, 2.45) is 0 Å². The van der Waals surface area contributed by atoms with Crippen LogP contribution in [0.1, 0.15) is 41.6 Å². The smallest absolute Gasteiger partial charge is 0.335 e. The Bertz CT molecular complexity index is 1280. The fourth-order valence-corrected chi connectivity index (χ4v) is 3.97. The minimum absolute atomic E-state index is 0.167. The van der Waals surface area contributed by atoms with Crippen molar-refractivity contribution in [1.29, 1.82) is 0 Å². The maximum atomic E-state index is 12.4. The standard InChI is InChI=1S/C22H21NO6S/c1-5-28-21(26)14(4)23-13(3)19(30-22(23)27)11-16-8-9-18(29-16)17-10-15(20(24)25)7-6-12(17)2/h6-11,14H,3,5H2,1-2,4H3,(H,24,25)/b19-11+/t14-/m1/s1. The Balaban J connectivity index is 2.00. The molecule has 0 aliphatic carbocycles. The molecule has 0 unspecified atom stereocenters. The predicted octanol–water partition coefficient (Wildman–Crippen LogP) is 2.54. The van der Waals surface area contributed by atoms with Crippen molar-refractivity contribution < 1.29 is 23.8 Å². The summed E-state index contributed by atoms with van der Waals surface area (Å²) in [7, 11) is 0. The van der Waals surface area contributed by atoms with Crippen LogP contribution in [0.5, 0.6) is 0 Å². The second-order valence-electron chi connectivity index (χ2n) is 6.66. The minimum atomic E-state index is -1.02. The number of benzene rings is 1. The van der Waals surface area contributed by atoms with Crippen LogP contribution in [0.3, 0.4) is 0 Å². The van der Waals surface area contributed by atoms with Gasteiger partial charge in [0.25, 0.3) is 0 Å². The number of carboxylic acid groups (broad SMARTS) is 1. The molecular formula is C22H21NO6S. The lowest BCUT2D eigenvalue weighted by Gasteiger charge is -2.10. The summed E-state index contributed by atoms with van der Waals surface area (Å²) in [6.07, 6.45) is 1.67. The highest BCUT2D eigenvalue weighted by Crippen LogP contribution is 2.27. The molecule has 0 radical (unpaired) electrons. The molecule has 0 aliphatic heterocycles. The van der Waals surface area contributed by atoms with Gasteiger partial charge in [-0.3, -0.25) is 9.36 Å². The van der Waals surface area contributed by atoms with Gasteiger partial charge in [0.1, 0.15) is 17.6 Å². The van der Waals surface area contributed by atoms with Gasteiger partial charge in [-0.25, -0.2) is 9.59 Å². The first-order valence-corrected chi connectivity index (χ1v) is 10.1. The first-order valence-electron chi connectivity index (χ1n) is 9.25. The monoisotopic (exact) mass is 427 g/mol. The van der Waals surface area contributed by atoms with E-state index in [2.05, 4.69) is 6.58 Å². The average Bonchev–Trinajstić information content (AvgIpc) is 3.26. The highest BCUT2D eigenvalue weighted by molar-refractivity contribution is 7.07. The molecule has 0 bridgehead atoms. The molecule has 2 heterocycles. The molecule has 0 saturated heterocycles. The molecule has 7 nitrogen and oxygen atoms in total. The Morgan fingerprint density at radius 2 is 2.07 bits per heavy atom. The summed E-state index contributed by atoms with van der Waals surface area (Å²) in [6.45, 7) is 9.32. The number of aryl methyl sites for hydroxylation is 1. The van der Waals surface area contributed by atoms with E-state index >= 15 is 0 Å². The van der Waals surface area contributed by atoms with E-state index in [9.17, 15) is 19.5 Å². The Kier molecular flexibility index (Phi) is 6.07. The third kappa shape index (κ3) is 4.13. The number of furan rings is 1. The van der Waals surface area contributed by atoms with E-state index in [4.69, 9.17) is 9.15 Å². The molecule has 3 aromatic rings.